The number of nitrogens with one attached hydrogen (secondary N) is 1. The maximum atomic E-state index is 12.3. The predicted molar refractivity (Wildman–Crippen MR) is 86.2 cm³/mol. The summed E-state index contributed by atoms with van der Waals surface area (Å²) in [5.41, 5.74) is 0.880. The number of piperazine rings is 1. The topological polar surface area (TPSA) is 93.3 Å². The number of amides is 1. The third kappa shape index (κ3) is 3.66. The molecule has 0 unspecified atom stereocenters. The summed E-state index contributed by atoms with van der Waals surface area (Å²) in [5, 5.41) is 18.2. The van der Waals surface area contributed by atoms with E-state index in [9.17, 15) is 14.9 Å². The van der Waals surface area contributed by atoms with Crippen LogP contribution in [0.2, 0.25) is 0 Å². The molecule has 0 radical (unpaired) electrons. The zero-order valence-electron chi connectivity index (χ0n) is 12.2. The Labute approximate surface area is 138 Å². The molecule has 0 spiro atoms. The summed E-state index contributed by atoms with van der Waals surface area (Å²) in [6, 6.07) is 7.76. The molecule has 1 saturated heterocycles. The average molecular weight is 338 g/mol. The molecule has 1 aliphatic rings. The highest BCUT2D eigenvalue weighted by Crippen LogP contribution is 2.16. The maximum Gasteiger partial charge on any atom is 0.274 e. The molecule has 0 saturated carbocycles. The number of aromatic nitrogens is 2. The van der Waals surface area contributed by atoms with Gasteiger partial charge in [0, 0.05) is 44.5 Å². The van der Waals surface area contributed by atoms with E-state index in [0.29, 0.717) is 24.5 Å². The normalized spacial score (nSPS) is 14.2. The minimum absolute atomic E-state index is 0. The van der Waals surface area contributed by atoms with Gasteiger partial charge >= 0.3 is 0 Å². The number of rotatable bonds is 3. The van der Waals surface area contributed by atoms with E-state index < -0.39 is 4.92 Å². The molecule has 0 aliphatic carbocycles. The summed E-state index contributed by atoms with van der Waals surface area (Å²) in [6.07, 6.45) is 1.63. The summed E-state index contributed by atoms with van der Waals surface area (Å²) in [5.74, 6) is -0.120. The molecule has 8 nitrogen and oxygen atoms in total. The summed E-state index contributed by atoms with van der Waals surface area (Å²) in [4.78, 5) is 24.4. The van der Waals surface area contributed by atoms with Gasteiger partial charge in [-0.1, -0.05) is 6.07 Å². The van der Waals surface area contributed by atoms with Crippen molar-refractivity contribution in [1.29, 1.82) is 0 Å². The van der Waals surface area contributed by atoms with Crippen molar-refractivity contribution in [3.05, 3.63) is 52.3 Å². The fourth-order valence-electron chi connectivity index (χ4n) is 2.36. The van der Waals surface area contributed by atoms with Crippen molar-refractivity contribution in [3.8, 4) is 5.69 Å². The highest BCUT2D eigenvalue weighted by molar-refractivity contribution is 5.92. The number of nitro benzene ring substituents is 1. The SMILES string of the molecule is Cl.O=C(c1ccn(-c2cccc([N+](=O)[O-])c2)n1)N1CCNCC1. The van der Waals surface area contributed by atoms with Crippen LogP contribution in [0.1, 0.15) is 10.5 Å². The maximum absolute atomic E-state index is 12.3. The van der Waals surface area contributed by atoms with Gasteiger partial charge in [-0.2, -0.15) is 5.10 Å². The lowest BCUT2D eigenvalue weighted by Crippen LogP contribution is -2.46. The third-order valence-corrected chi connectivity index (χ3v) is 3.52. The highest BCUT2D eigenvalue weighted by atomic mass is 35.5. The van der Waals surface area contributed by atoms with Crippen LogP contribution in [0, 0.1) is 10.1 Å². The molecule has 0 bridgehead atoms. The molecule has 1 aliphatic heterocycles. The molecular formula is C14H16ClN5O3. The number of nitrogens with zero attached hydrogens (tertiary/aromatic N) is 4. The zero-order chi connectivity index (χ0) is 15.5. The van der Waals surface area contributed by atoms with E-state index in [2.05, 4.69) is 10.4 Å². The van der Waals surface area contributed by atoms with Gasteiger partial charge in [-0.3, -0.25) is 14.9 Å². The number of hydrogen-bond acceptors (Lipinski definition) is 5. The van der Waals surface area contributed by atoms with E-state index in [1.165, 1.54) is 16.8 Å². The molecule has 9 heteroatoms. The first-order chi connectivity index (χ1) is 10.6. The van der Waals surface area contributed by atoms with Crippen molar-refractivity contribution in [3.63, 3.8) is 0 Å². The Morgan fingerprint density at radius 3 is 2.70 bits per heavy atom. The molecule has 1 aromatic heterocycles. The second kappa shape index (κ2) is 7.21. The number of carbonyl (C=O) groups excluding carboxylic acids is 1. The fourth-order valence-corrected chi connectivity index (χ4v) is 2.36. The predicted octanol–water partition coefficient (Wildman–Crippen LogP) is 1.25. The van der Waals surface area contributed by atoms with Crippen LogP contribution >= 0.6 is 12.4 Å². The van der Waals surface area contributed by atoms with Gasteiger partial charge in [0.25, 0.3) is 11.6 Å². The quantitative estimate of drug-likeness (QED) is 0.672. The monoisotopic (exact) mass is 337 g/mol. The number of benzene rings is 1. The van der Waals surface area contributed by atoms with E-state index in [-0.39, 0.29) is 24.0 Å². The molecule has 1 fully saturated rings. The molecule has 3 rings (SSSR count). The standard InChI is InChI=1S/C14H15N5O3.ClH/c20-14(17-8-5-15-6-9-17)13-4-7-18(16-13)11-2-1-3-12(10-11)19(21)22;/h1-4,7,10,15H,5-6,8-9H2;1H. The van der Waals surface area contributed by atoms with Gasteiger partial charge in [-0.15, -0.1) is 12.4 Å². The van der Waals surface area contributed by atoms with E-state index in [1.54, 1.807) is 29.3 Å². The number of halogens is 1. The van der Waals surface area contributed by atoms with Crippen LogP contribution in [-0.4, -0.2) is 51.7 Å². The molecule has 1 amide bonds. The van der Waals surface area contributed by atoms with E-state index in [1.807, 2.05) is 0 Å². The van der Waals surface area contributed by atoms with Crippen molar-refractivity contribution in [2.75, 3.05) is 26.2 Å². The Hall–Kier alpha value is -2.45. The lowest BCUT2D eigenvalue weighted by Gasteiger charge is -2.26. The van der Waals surface area contributed by atoms with Crippen LogP contribution in [0.25, 0.3) is 5.69 Å². The summed E-state index contributed by atoms with van der Waals surface area (Å²) < 4.78 is 1.47. The summed E-state index contributed by atoms with van der Waals surface area (Å²) in [6.45, 7) is 2.86. The first-order valence-corrected chi connectivity index (χ1v) is 6.95. The lowest BCUT2D eigenvalue weighted by atomic mass is 10.3. The van der Waals surface area contributed by atoms with Crippen molar-refractivity contribution in [2.24, 2.45) is 0 Å². The fraction of sp³-hybridized carbons (Fsp3) is 0.286. The van der Waals surface area contributed by atoms with Crippen LogP contribution in [-0.2, 0) is 0 Å². The number of nitro groups is 1. The first kappa shape index (κ1) is 16.9. The van der Waals surface area contributed by atoms with Crippen LogP contribution in [0.15, 0.2) is 36.5 Å². The van der Waals surface area contributed by atoms with Gasteiger partial charge in [0.15, 0.2) is 5.69 Å². The number of non-ortho nitro benzene ring substituents is 1. The van der Waals surface area contributed by atoms with Crippen molar-refractivity contribution in [1.82, 2.24) is 20.0 Å². The van der Waals surface area contributed by atoms with Gasteiger partial charge in [0.1, 0.15) is 0 Å². The van der Waals surface area contributed by atoms with Crippen LogP contribution in [0.3, 0.4) is 0 Å². The molecule has 122 valence electrons. The molecule has 1 aromatic carbocycles. The van der Waals surface area contributed by atoms with E-state index in [0.717, 1.165) is 13.1 Å². The summed E-state index contributed by atoms with van der Waals surface area (Å²) in [7, 11) is 0. The van der Waals surface area contributed by atoms with Crippen molar-refractivity contribution < 1.29 is 9.72 Å². The molecule has 2 aromatic rings. The smallest absolute Gasteiger partial charge is 0.274 e. The first-order valence-electron chi connectivity index (χ1n) is 6.95. The number of hydrogen-bond donors (Lipinski definition) is 1. The van der Waals surface area contributed by atoms with Crippen molar-refractivity contribution >= 4 is 24.0 Å². The van der Waals surface area contributed by atoms with Crippen LogP contribution in [0.5, 0.6) is 0 Å². The third-order valence-electron chi connectivity index (χ3n) is 3.52. The van der Waals surface area contributed by atoms with E-state index >= 15 is 0 Å². The Morgan fingerprint density at radius 1 is 1.26 bits per heavy atom. The molecule has 23 heavy (non-hydrogen) atoms. The van der Waals surface area contributed by atoms with Gasteiger partial charge in [-0.25, -0.2) is 4.68 Å². The summed E-state index contributed by atoms with van der Waals surface area (Å²) >= 11 is 0. The Kier molecular flexibility index (Phi) is 5.30. The zero-order valence-corrected chi connectivity index (χ0v) is 13.0. The van der Waals surface area contributed by atoms with Gasteiger partial charge in [0.2, 0.25) is 0 Å². The minimum atomic E-state index is -0.459. The Bertz CT molecular complexity index is 712. The van der Waals surface area contributed by atoms with E-state index in [4.69, 9.17) is 0 Å². The number of carbonyl (C=O) groups is 1. The van der Waals surface area contributed by atoms with Gasteiger partial charge < -0.3 is 10.2 Å². The second-order valence-electron chi connectivity index (χ2n) is 4.96. The molecule has 1 N–H and O–H groups in total. The van der Waals surface area contributed by atoms with Crippen LogP contribution < -0.4 is 5.32 Å². The van der Waals surface area contributed by atoms with Crippen LogP contribution in [0.4, 0.5) is 5.69 Å². The van der Waals surface area contributed by atoms with Gasteiger partial charge in [0.05, 0.1) is 10.6 Å². The molecule has 2 heterocycles. The highest BCUT2D eigenvalue weighted by Gasteiger charge is 2.20. The van der Waals surface area contributed by atoms with Crippen molar-refractivity contribution in [2.45, 2.75) is 0 Å². The lowest BCUT2D eigenvalue weighted by molar-refractivity contribution is -0.384. The average Bonchev–Trinajstić information content (AvgIpc) is 3.05. The largest absolute Gasteiger partial charge is 0.335 e. The molecule has 0 atom stereocenters. The Balaban J connectivity index is 0.00000192. The molecular weight excluding hydrogens is 322 g/mol. The van der Waals surface area contributed by atoms with Gasteiger partial charge in [-0.05, 0) is 12.1 Å². The Morgan fingerprint density at radius 2 is 2.00 bits per heavy atom. The second-order valence-corrected chi connectivity index (χ2v) is 4.96. The minimum Gasteiger partial charge on any atom is -0.335 e.